The van der Waals surface area contributed by atoms with Gasteiger partial charge in [-0.05, 0) is 42.5 Å². The maximum Gasteiger partial charge on any atom is 0.254 e. The van der Waals surface area contributed by atoms with Crippen LogP contribution in [-0.2, 0) is 0 Å². The van der Waals surface area contributed by atoms with Crippen LogP contribution in [0.4, 0.5) is 4.39 Å². The van der Waals surface area contributed by atoms with E-state index in [9.17, 15) is 9.18 Å². The van der Waals surface area contributed by atoms with Crippen molar-refractivity contribution in [3.05, 3.63) is 35.1 Å². The molecule has 2 unspecified atom stereocenters. The summed E-state index contributed by atoms with van der Waals surface area (Å²) in [5, 5.41) is 0. The second-order valence-corrected chi connectivity index (χ2v) is 5.07. The Balaban J connectivity index is 1.78. The average Bonchev–Trinajstić information content (AvgIpc) is 2.75. The minimum atomic E-state index is -0.301. The number of halogens is 1. The molecule has 17 heavy (non-hydrogen) atoms. The quantitative estimate of drug-likeness (QED) is 0.792. The van der Waals surface area contributed by atoms with Crippen molar-refractivity contribution < 1.29 is 9.18 Å². The summed E-state index contributed by atoms with van der Waals surface area (Å²) in [4.78, 5) is 14.0. The molecule has 2 fully saturated rings. The standard InChI is InChI=1S/C13H15FN2O/c1-7-4-8(14)2-3-9(7)13(17)16-5-10-11(6-16)12(10)15/h2-4,10-12H,5-6,15H2,1H3. The van der Waals surface area contributed by atoms with Crippen molar-refractivity contribution in [3.63, 3.8) is 0 Å². The number of benzene rings is 1. The molecule has 1 heterocycles. The van der Waals surface area contributed by atoms with Crippen LogP contribution < -0.4 is 5.73 Å². The van der Waals surface area contributed by atoms with Crippen molar-refractivity contribution in [2.45, 2.75) is 13.0 Å². The zero-order valence-electron chi connectivity index (χ0n) is 9.69. The van der Waals surface area contributed by atoms with Crippen LogP contribution in [0.5, 0.6) is 0 Å². The first-order valence-corrected chi connectivity index (χ1v) is 5.89. The van der Waals surface area contributed by atoms with Crippen LogP contribution in [0.15, 0.2) is 18.2 Å². The fourth-order valence-electron chi connectivity index (χ4n) is 2.78. The van der Waals surface area contributed by atoms with Crippen LogP contribution in [0.2, 0.25) is 0 Å². The van der Waals surface area contributed by atoms with Crippen LogP contribution in [0.25, 0.3) is 0 Å². The Kier molecular flexibility index (Phi) is 2.23. The Bertz CT molecular complexity index is 476. The van der Waals surface area contributed by atoms with Gasteiger partial charge in [-0.3, -0.25) is 4.79 Å². The number of rotatable bonds is 1. The first kappa shape index (κ1) is 10.7. The number of carbonyl (C=O) groups is 1. The number of likely N-dealkylation sites (tertiary alicyclic amines) is 1. The van der Waals surface area contributed by atoms with E-state index in [4.69, 9.17) is 5.73 Å². The van der Waals surface area contributed by atoms with Crippen LogP contribution in [0.3, 0.4) is 0 Å². The molecular weight excluding hydrogens is 219 g/mol. The molecule has 0 radical (unpaired) electrons. The van der Waals surface area contributed by atoms with Gasteiger partial charge in [-0.15, -0.1) is 0 Å². The molecule has 3 nitrogen and oxygen atoms in total. The lowest BCUT2D eigenvalue weighted by Gasteiger charge is -2.20. The lowest BCUT2D eigenvalue weighted by molar-refractivity contribution is 0.0772. The fourth-order valence-corrected chi connectivity index (χ4v) is 2.78. The van der Waals surface area contributed by atoms with Gasteiger partial charge in [0.2, 0.25) is 0 Å². The van der Waals surface area contributed by atoms with E-state index in [-0.39, 0.29) is 17.8 Å². The normalized spacial score (nSPS) is 30.3. The average molecular weight is 234 g/mol. The van der Waals surface area contributed by atoms with Gasteiger partial charge in [0.15, 0.2) is 0 Å². The monoisotopic (exact) mass is 234 g/mol. The van der Waals surface area contributed by atoms with Gasteiger partial charge in [0.05, 0.1) is 0 Å². The Labute approximate surface area is 99.4 Å². The molecule has 4 heteroatoms. The van der Waals surface area contributed by atoms with Gasteiger partial charge in [-0.25, -0.2) is 4.39 Å². The van der Waals surface area contributed by atoms with Crippen molar-refractivity contribution in [1.29, 1.82) is 0 Å². The van der Waals surface area contributed by atoms with Gasteiger partial charge in [0, 0.05) is 24.7 Å². The number of hydrogen-bond acceptors (Lipinski definition) is 2. The Morgan fingerprint density at radius 2 is 2.06 bits per heavy atom. The van der Waals surface area contributed by atoms with Crippen LogP contribution in [0.1, 0.15) is 15.9 Å². The van der Waals surface area contributed by atoms with E-state index < -0.39 is 0 Å². The molecule has 3 rings (SSSR count). The maximum atomic E-state index is 13.0. The highest BCUT2D eigenvalue weighted by Crippen LogP contribution is 2.44. The van der Waals surface area contributed by atoms with Gasteiger partial charge < -0.3 is 10.6 Å². The zero-order chi connectivity index (χ0) is 12.2. The Morgan fingerprint density at radius 3 is 2.65 bits per heavy atom. The molecule has 1 saturated heterocycles. The highest BCUT2D eigenvalue weighted by Gasteiger charge is 2.54. The summed E-state index contributed by atoms with van der Waals surface area (Å²) >= 11 is 0. The van der Waals surface area contributed by atoms with E-state index >= 15 is 0 Å². The van der Waals surface area contributed by atoms with Crippen molar-refractivity contribution >= 4 is 5.91 Å². The fraction of sp³-hybridized carbons (Fsp3) is 0.462. The molecule has 90 valence electrons. The van der Waals surface area contributed by atoms with Crippen molar-refractivity contribution in [3.8, 4) is 0 Å². The van der Waals surface area contributed by atoms with E-state index in [1.54, 1.807) is 13.0 Å². The van der Waals surface area contributed by atoms with Crippen LogP contribution >= 0.6 is 0 Å². The molecule has 0 spiro atoms. The second kappa shape index (κ2) is 3.53. The first-order chi connectivity index (χ1) is 8.08. The van der Waals surface area contributed by atoms with Gasteiger partial charge in [-0.2, -0.15) is 0 Å². The van der Waals surface area contributed by atoms with E-state index in [1.807, 2.05) is 4.90 Å². The molecular formula is C13H15FN2O. The van der Waals surface area contributed by atoms with Crippen molar-refractivity contribution in [2.24, 2.45) is 17.6 Å². The van der Waals surface area contributed by atoms with Gasteiger partial charge in [0.1, 0.15) is 5.82 Å². The largest absolute Gasteiger partial charge is 0.338 e. The molecule has 0 bridgehead atoms. The van der Waals surface area contributed by atoms with Gasteiger partial charge in [-0.1, -0.05) is 0 Å². The zero-order valence-corrected chi connectivity index (χ0v) is 9.69. The molecule has 2 N–H and O–H groups in total. The van der Waals surface area contributed by atoms with E-state index in [1.165, 1.54) is 12.1 Å². The maximum absolute atomic E-state index is 13.0. The number of nitrogens with zero attached hydrogens (tertiary/aromatic N) is 1. The molecule has 1 saturated carbocycles. The lowest BCUT2D eigenvalue weighted by Crippen LogP contribution is -2.34. The van der Waals surface area contributed by atoms with E-state index in [0.29, 0.717) is 23.0 Å². The smallest absolute Gasteiger partial charge is 0.254 e. The summed E-state index contributed by atoms with van der Waals surface area (Å²) in [6.45, 7) is 3.27. The predicted octanol–water partition coefficient (Wildman–Crippen LogP) is 1.16. The minimum Gasteiger partial charge on any atom is -0.338 e. The minimum absolute atomic E-state index is 0.00176. The van der Waals surface area contributed by atoms with Crippen molar-refractivity contribution in [1.82, 2.24) is 4.90 Å². The van der Waals surface area contributed by atoms with Gasteiger partial charge in [0.25, 0.3) is 5.91 Å². The molecule has 1 aliphatic heterocycles. The molecule has 0 aromatic heterocycles. The number of nitrogens with two attached hydrogens (primary N) is 1. The third-order valence-electron chi connectivity index (χ3n) is 3.97. The Hall–Kier alpha value is -1.42. The van der Waals surface area contributed by atoms with Crippen molar-refractivity contribution in [2.75, 3.05) is 13.1 Å². The SMILES string of the molecule is Cc1cc(F)ccc1C(=O)N1CC2C(N)C2C1. The molecule has 1 amide bonds. The van der Waals surface area contributed by atoms with Crippen LogP contribution in [0, 0.1) is 24.6 Å². The predicted molar refractivity (Wildman–Crippen MR) is 62.0 cm³/mol. The van der Waals surface area contributed by atoms with E-state index in [0.717, 1.165) is 13.1 Å². The van der Waals surface area contributed by atoms with Gasteiger partial charge >= 0.3 is 0 Å². The highest BCUT2D eigenvalue weighted by molar-refractivity contribution is 5.96. The van der Waals surface area contributed by atoms with Crippen LogP contribution in [-0.4, -0.2) is 29.9 Å². The number of fused-ring (bicyclic) bond motifs is 1. The number of piperidine rings is 1. The molecule has 1 aromatic carbocycles. The summed E-state index contributed by atoms with van der Waals surface area (Å²) < 4.78 is 13.0. The molecule has 2 atom stereocenters. The Morgan fingerprint density at radius 1 is 1.41 bits per heavy atom. The second-order valence-electron chi connectivity index (χ2n) is 5.07. The lowest BCUT2D eigenvalue weighted by atomic mass is 10.1. The summed E-state index contributed by atoms with van der Waals surface area (Å²) in [5.41, 5.74) is 7.13. The van der Waals surface area contributed by atoms with E-state index in [2.05, 4.69) is 0 Å². The number of amides is 1. The summed E-state index contributed by atoms with van der Waals surface area (Å²) in [6.07, 6.45) is 0. The first-order valence-electron chi connectivity index (χ1n) is 5.89. The number of carbonyl (C=O) groups excluding carboxylic acids is 1. The third kappa shape index (κ3) is 1.63. The molecule has 1 aromatic rings. The summed E-state index contributed by atoms with van der Waals surface area (Å²) in [7, 11) is 0. The number of hydrogen-bond donors (Lipinski definition) is 1. The summed E-state index contributed by atoms with van der Waals surface area (Å²) in [6, 6.07) is 4.59. The summed E-state index contributed by atoms with van der Waals surface area (Å²) in [5.74, 6) is 0.673. The molecule has 1 aliphatic carbocycles. The topological polar surface area (TPSA) is 46.3 Å². The third-order valence-corrected chi connectivity index (χ3v) is 3.97. The number of aryl methyl sites for hydroxylation is 1. The molecule has 2 aliphatic rings. The highest BCUT2D eigenvalue weighted by atomic mass is 19.1.